The quantitative estimate of drug-likeness (QED) is 0.673. The standard InChI is InChI=1S/C21H25N3OS/c1-15-8-6-7-11-19(15)23(2)20(25)12-17-14-26-21-22-18(13-24(17)21)16-9-4-3-5-10-16/h3-5,9-10,13-15,19H,6-8,11-12H2,1-2H3. The van der Waals surface area contributed by atoms with Crippen molar-refractivity contribution >= 4 is 22.2 Å². The van der Waals surface area contributed by atoms with Crippen molar-refractivity contribution in [2.24, 2.45) is 5.92 Å². The van der Waals surface area contributed by atoms with Gasteiger partial charge in [0, 0.05) is 35.9 Å². The minimum Gasteiger partial charge on any atom is -0.342 e. The SMILES string of the molecule is CC1CCCCC1N(C)C(=O)Cc1csc2nc(-c3ccccc3)cn12. The maximum absolute atomic E-state index is 12.9. The second-order valence-corrected chi connectivity index (χ2v) is 8.22. The summed E-state index contributed by atoms with van der Waals surface area (Å²) < 4.78 is 2.07. The Balaban J connectivity index is 1.53. The maximum atomic E-state index is 12.9. The number of rotatable bonds is 4. The first kappa shape index (κ1) is 17.3. The Bertz CT molecular complexity index is 899. The summed E-state index contributed by atoms with van der Waals surface area (Å²) in [4.78, 5) is 20.5. The lowest BCUT2D eigenvalue weighted by Crippen LogP contribution is -2.43. The molecule has 4 rings (SSSR count). The van der Waals surface area contributed by atoms with Crippen LogP contribution in [0.5, 0.6) is 0 Å². The molecule has 26 heavy (non-hydrogen) atoms. The minimum absolute atomic E-state index is 0.207. The first-order valence-corrected chi connectivity index (χ1v) is 10.3. The molecule has 1 saturated carbocycles. The highest BCUT2D eigenvalue weighted by Crippen LogP contribution is 2.28. The van der Waals surface area contributed by atoms with E-state index in [2.05, 4.69) is 28.8 Å². The van der Waals surface area contributed by atoms with Gasteiger partial charge in [0.1, 0.15) is 0 Å². The Labute approximate surface area is 158 Å². The van der Waals surface area contributed by atoms with Gasteiger partial charge in [0.25, 0.3) is 0 Å². The van der Waals surface area contributed by atoms with Crippen molar-refractivity contribution in [1.82, 2.24) is 14.3 Å². The first-order chi connectivity index (χ1) is 12.6. The molecule has 1 aliphatic carbocycles. The van der Waals surface area contributed by atoms with E-state index < -0.39 is 0 Å². The second-order valence-electron chi connectivity index (χ2n) is 7.38. The monoisotopic (exact) mass is 367 g/mol. The molecular formula is C21H25N3OS. The summed E-state index contributed by atoms with van der Waals surface area (Å²) >= 11 is 1.60. The number of hydrogen-bond acceptors (Lipinski definition) is 3. The Kier molecular flexibility index (Phi) is 4.81. The first-order valence-electron chi connectivity index (χ1n) is 9.40. The third kappa shape index (κ3) is 3.28. The van der Waals surface area contributed by atoms with E-state index in [0.717, 1.165) is 28.3 Å². The number of likely N-dealkylation sites (N-methyl/N-ethyl adjacent to an activating group) is 1. The number of imidazole rings is 1. The van der Waals surface area contributed by atoms with Crippen molar-refractivity contribution < 1.29 is 4.79 Å². The van der Waals surface area contributed by atoms with Crippen molar-refractivity contribution in [2.45, 2.75) is 45.1 Å². The van der Waals surface area contributed by atoms with Gasteiger partial charge >= 0.3 is 0 Å². The van der Waals surface area contributed by atoms with E-state index >= 15 is 0 Å². The van der Waals surface area contributed by atoms with Gasteiger partial charge in [0.15, 0.2) is 4.96 Å². The average Bonchev–Trinajstić information content (AvgIpc) is 3.24. The fourth-order valence-electron chi connectivity index (χ4n) is 4.04. The van der Waals surface area contributed by atoms with Crippen LogP contribution >= 0.6 is 11.3 Å². The second kappa shape index (κ2) is 7.23. The van der Waals surface area contributed by atoms with Crippen molar-refractivity contribution in [3.05, 3.63) is 47.6 Å². The molecular weight excluding hydrogens is 342 g/mol. The molecule has 2 unspecified atom stereocenters. The summed E-state index contributed by atoms with van der Waals surface area (Å²) in [5.41, 5.74) is 3.09. The van der Waals surface area contributed by atoms with Crippen LogP contribution in [0.2, 0.25) is 0 Å². The third-order valence-electron chi connectivity index (χ3n) is 5.64. The summed E-state index contributed by atoms with van der Waals surface area (Å²) in [6.07, 6.45) is 7.37. The molecule has 2 heterocycles. The van der Waals surface area contributed by atoms with Crippen LogP contribution in [0.15, 0.2) is 41.9 Å². The summed E-state index contributed by atoms with van der Waals surface area (Å²) in [5, 5.41) is 2.06. The zero-order chi connectivity index (χ0) is 18.1. The molecule has 1 aliphatic rings. The Hall–Kier alpha value is -2.14. The highest BCUT2D eigenvalue weighted by atomic mass is 32.1. The van der Waals surface area contributed by atoms with E-state index in [1.54, 1.807) is 11.3 Å². The molecule has 0 bridgehead atoms. The number of carbonyl (C=O) groups is 1. The van der Waals surface area contributed by atoms with Crippen LogP contribution in [0.25, 0.3) is 16.2 Å². The molecule has 0 aliphatic heterocycles. The normalized spacial score (nSPS) is 20.4. The zero-order valence-corrected chi connectivity index (χ0v) is 16.2. The fraction of sp³-hybridized carbons (Fsp3) is 0.429. The molecule has 5 heteroatoms. The summed E-state index contributed by atoms with van der Waals surface area (Å²) in [6, 6.07) is 10.6. The molecule has 4 nitrogen and oxygen atoms in total. The molecule has 2 aromatic heterocycles. The minimum atomic E-state index is 0.207. The van der Waals surface area contributed by atoms with Gasteiger partial charge in [-0.05, 0) is 18.8 Å². The number of thiazole rings is 1. The van der Waals surface area contributed by atoms with Crippen LogP contribution in [-0.4, -0.2) is 33.3 Å². The Morgan fingerprint density at radius 2 is 2.04 bits per heavy atom. The number of carbonyl (C=O) groups excluding carboxylic acids is 1. The van der Waals surface area contributed by atoms with E-state index in [-0.39, 0.29) is 5.91 Å². The molecule has 2 atom stereocenters. The summed E-state index contributed by atoms with van der Waals surface area (Å²) in [6.45, 7) is 2.28. The smallest absolute Gasteiger partial charge is 0.228 e. The number of benzene rings is 1. The Morgan fingerprint density at radius 3 is 2.81 bits per heavy atom. The lowest BCUT2D eigenvalue weighted by molar-refractivity contribution is -0.132. The van der Waals surface area contributed by atoms with Gasteiger partial charge in [-0.3, -0.25) is 9.20 Å². The van der Waals surface area contributed by atoms with Crippen molar-refractivity contribution in [1.29, 1.82) is 0 Å². The van der Waals surface area contributed by atoms with E-state index in [4.69, 9.17) is 4.98 Å². The van der Waals surface area contributed by atoms with Crippen molar-refractivity contribution in [3.8, 4) is 11.3 Å². The van der Waals surface area contributed by atoms with E-state index in [9.17, 15) is 4.79 Å². The van der Waals surface area contributed by atoms with Gasteiger partial charge in [-0.1, -0.05) is 50.1 Å². The number of aromatic nitrogens is 2. The molecule has 0 N–H and O–H groups in total. The maximum Gasteiger partial charge on any atom is 0.228 e. The number of hydrogen-bond donors (Lipinski definition) is 0. The number of fused-ring (bicyclic) bond motifs is 1. The molecule has 1 fully saturated rings. The van der Waals surface area contributed by atoms with Crippen LogP contribution < -0.4 is 0 Å². The molecule has 1 amide bonds. The van der Waals surface area contributed by atoms with Gasteiger partial charge in [-0.2, -0.15) is 0 Å². The van der Waals surface area contributed by atoms with Crippen molar-refractivity contribution in [3.63, 3.8) is 0 Å². The lowest BCUT2D eigenvalue weighted by Gasteiger charge is -2.36. The van der Waals surface area contributed by atoms with E-state index in [0.29, 0.717) is 18.4 Å². The van der Waals surface area contributed by atoms with Gasteiger partial charge in [-0.15, -0.1) is 11.3 Å². The summed E-state index contributed by atoms with van der Waals surface area (Å²) in [5.74, 6) is 0.802. The van der Waals surface area contributed by atoms with E-state index in [1.165, 1.54) is 19.3 Å². The Morgan fingerprint density at radius 1 is 1.27 bits per heavy atom. The molecule has 0 radical (unpaired) electrons. The zero-order valence-electron chi connectivity index (χ0n) is 15.4. The number of nitrogens with zero attached hydrogens (tertiary/aromatic N) is 3. The lowest BCUT2D eigenvalue weighted by atomic mass is 9.85. The molecule has 3 aromatic rings. The highest BCUT2D eigenvalue weighted by Gasteiger charge is 2.28. The highest BCUT2D eigenvalue weighted by molar-refractivity contribution is 7.15. The molecule has 136 valence electrons. The summed E-state index contributed by atoms with van der Waals surface area (Å²) in [7, 11) is 1.97. The molecule has 0 saturated heterocycles. The van der Waals surface area contributed by atoms with Crippen LogP contribution in [0, 0.1) is 5.92 Å². The van der Waals surface area contributed by atoms with E-state index in [1.807, 2.05) is 36.3 Å². The average molecular weight is 368 g/mol. The van der Waals surface area contributed by atoms with Gasteiger partial charge in [0.05, 0.1) is 12.1 Å². The largest absolute Gasteiger partial charge is 0.342 e. The fourth-order valence-corrected chi connectivity index (χ4v) is 4.91. The van der Waals surface area contributed by atoms with Gasteiger partial charge in [-0.25, -0.2) is 4.98 Å². The predicted octanol–water partition coefficient (Wildman–Crippen LogP) is 4.64. The predicted molar refractivity (Wildman–Crippen MR) is 106 cm³/mol. The molecule has 1 aromatic carbocycles. The number of amides is 1. The third-order valence-corrected chi connectivity index (χ3v) is 6.53. The van der Waals surface area contributed by atoms with Crippen molar-refractivity contribution in [2.75, 3.05) is 7.05 Å². The van der Waals surface area contributed by atoms with Gasteiger partial charge < -0.3 is 4.90 Å². The van der Waals surface area contributed by atoms with Crippen LogP contribution in [0.3, 0.4) is 0 Å². The van der Waals surface area contributed by atoms with Crippen LogP contribution in [0.1, 0.15) is 38.3 Å². The van der Waals surface area contributed by atoms with Gasteiger partial charge in [0.2, 0.25) is 5.91 Å². The van der Waals surface area contributed by atoms with Crippen LogP contribution in [-0.2, 0) is 11.2 Å². The topological polar surface area (TPSA) is 37.6 Å². The van der Waals surface area contributed by atoms with Crippen LogP contribution in [0.4, 0.5) is 0 Å². The molecule has 0 spiro atoms.